The zero-order valence-corrected chi connectivity index (χ0v) is 12.9. The van der Waals surface area contributed by atoms with Gasteiger partial charge in [0.2, 0.25) is 0 Å². The number of β-amino-alcohol motifs (C(OH)–C–C–N with tert-alkyl or cyclic N) is 1. The molecule has 1 aromatic carbocycles. The van der Waals surface area contributed by atoms with Gasteiger partial charge in [0.1, 0.15) is 0 Å². The number of hydrogen-bond donors (Lipinski definition) is 2. The van der Waals surface area contributed by atoms with E-state index in [4.69, 9.17) is 0 Å². The normalized spacial score (nSPS) is 21.3. The van der Waals surface area contributed by atoms with E-state index >= 15 is 0 Å². The number of hydrogen-bond acceptors (Lipinski definition) is 4. The summed E-state index contributed by atoms with van der Waals surface area (Å²) in [6.45, 7) is 1.96. The number of aliphatic hydroxyl groups excluding tert-OH is 1. The van der Waals surface area contributed by atoms with Crippen LogP contribution in [0.5, 0.6) is 0 Å². The molecule has 2 N–H and O–H groups in total. The van der Waals surface area contributed by atoms with Gasteiger partial charge in [-0.2, -0.15) is 0 Å². The summed E-state index contributed by atoms with van der Waals surface area (Å²) in [6.07, 6.45) is 3.57. The number of nitrogens with zero attached hydrogens (tertiary/aromatic N) is 2. The first-order chi connectivity index (χ1) is 11.2. The average molecular weight is 311 g/mol. The van der Waals surface area contributed by atoms with Crippen LogP contribution >= 0.6 is 0 Å². The molecular weight excluding hydrogens is 290 g/mol. The SMILES string of the molecule is O=C(NCC1CC(O)CN1Cc1ccccc1)c1ccncc1. The average Bonchev–Trinajstić information content (AvgIpc) is 2.94. The van der Waals surface area contributed by atoms with E-state index in [1.807, 2.05) is 18.2 Å². The number of likely N-dealkylation sites (tertiary alicyclic amines) is 1. The molecule has 1 saturated heterocycles. The number of amides is 1. The largest absolute Gasteiger partial charge is 0.392 e. The first-order valence-corrected chi connectivity index (χ1v) is 7.86. The van der Waals surface area contributed by atoms with Gasteiger partial charge in [0.25, 0.3) is 5.91 Å². The molecule has 2 aromatic rings. The maximum atomic E-state index is 12.1. The molecule has 2 atom stereocenters. The summed E-state index contributed by atoms with van der Waals surface area (Å²) in [5, 5.41) is 12.9. The number of carbonyl (C=O) groups excluding carboxylic acids is 1. The Kier molecular flexibility index (Phi) is 5.00. The highest BCUT2D eigenvalue weighted by Gasteiger charge is 2.30. The van der Waals surface area contributed by atoms with Gasteiger partial charge in [-0.15, -0.1) is 0 Å². The number of carbonyl (C=O) groups is 1. The van der Waals surface area contributed by atoms with Crippen LogP contribution < -0.4 is 5.32 Å². The molecule has 120 valence electrons. The Bertz CT molecular complexity index is 633. The third-order valence-corrected chi connectivity index (χ3v) is 4.18. The summed E-state index contributed by atoms with van der Waals surface area (Å²) in [7, 11) is 0. The van der Waals surface area contributed by atoms with Crippen LogP contribution in [0.4, 0.5) is 0 Å². The van der Waals surface area contributed by atoms with Gasteiger partial charge in [-0.05, 0) is 24.1 Å². The topological polar surface area (TPSA) is 65.5 Å². The van der Waals surface area contributed by atoms with Crippen molar-refractivity contribution in [2.24, 2.45) is 0 Å². The van der Waals surface area contributed by atoms with Crippen molar-refractivity contribution in [1.29, 1.82) is 0 Å². The number of nitrogens with one attached hydrogen (secondary N) is 1. The van der Waals surface area contributed by atoms with E-state index in [9.17, 15) is 9.90 Å². The van der Waals surface area contributed by atoms with Crippen LogP contribution in [0.3, 0.4) is 0 Å². The Hall–Kier alpha value is -2.24. The molecule has 5 heteroatoms. The summed E-state index contributed by atoms with van der Waals surface area (Å²) < 4.78 is 0. The van der Waals surface area contributed by atoms with Gasteiger partial charge in [-0.1, -0.05) is 30.3 Å². The lowest BCUT2D eigenvalue weighted by Crippen LogP contribution is -2.39. The molecule has 0 spiro atoms. The van der Waals surface area contributed by atoms with Crippen molar-refractivity contribution in [1.82, 2.24) is 15.2 Å². The molecule has 1 aliphatic heterocycles. The molecule has 2 heterocycles. The molecule has 5 nitrogen and oxygen atoms in total. The highest BCUT2D eigenvalue weighted by atomic mass is 16.3. The van der Waals surface area contributed by atoms with Crippen LogP contribution in [0, 0.1) is 0 Å². The molecule has 2 unspecified atom stereocenters. The zero-order valence-electron chi connectivity index (χ0n) is 12.9. The molecule has 3 rings (SSSR count). The zero-order chi connectivity index (χ0) is 16.1. The Morgan fingerprint density at radius 1 is 1.22 bits per heavy atom. The van der Waals surface area contributed by atoms with E-state index in [0.29, 0.717) is 25.1 Å². The fraction of sp³-hybridized carbons (Fsp3) is 0.333. The molecule has 0 aliphatic carbocycles. The first kappa shape index (κ1) is 15.6. The maximum absolute atomic E-state index is 12.1. The summed E-state index contributed by atoms with van der Waals surface area (Å²) >= 11 is 0. The smallest absolute Gasteiger partial charge is 0.251 e. The second-order valence-electron chi connectivity index (χ2n) is 5.90. The van der Waals surface area contributed by atoms with Crippen molar-refractivity contribution in [3.05, 3.63) is 66.0 Å². The second kappa shape index (κ2) is 7.35. The third kappa shape index (κ3) is 4.15. The predicted molar refractivity (Wildman–Crippen MR) is 87.8 cm³/mol. The van der Waals surface area contributed by atoms with Gasteiger partial charge < -0.3 is 10.4 Å². The van der Waals surface area contributed by atoms with Gasteiger partial charge in [0.15, 0.2) is 0 Å². The molecule has 0 radical (unpaired) electrons. The van der Waals surface area contributed by atoms with E-state index in [1.54, 1.807) is 24.5 Å². The summed E-state index contributed by atoms with van der Waals surface area (Å²) in [5.41, 5.74) is 1.82. The van der Waals surface area contributed by atoms with E-state index in [1.165, 1.54) is 5.56 Å². The number of benzene rings is 1. The lowest BCUT2D eigenvalue weighted by Gasteiger charge is -2.24. The summed E-state index contributed by atoms with van der Waals surface area (Å²) in [5.74, 6) is -0.103. The lowest BCUT2D eigenvalue weighted by atomic mass is 10.1. The number of aliphatic hydroxyl groups is 1. The van der Waals surface area contributed by atoms with E-state index in [0.717, 1.165) is 6.54 Å². The molecule has 1 aliphatic rings. The molecule has 1 aromatic heterocycles. The van der Waals surface area contributed by atoms with Crippen molar-refractivity contribution < 1.29 is 9.90 Å². The van der Waals surface area contributed by atoms with Crippen LogP contribution in [0.2, 0.25) is 0 Å². The van der Waals surface area contributed by atoms with Crippen molar-refractivity contribution in [2.45, 2.75) is 25.1 Å². The maximum Gasteiger partial charge on any atom is 0.251 e. The highest BCUT2D eigenvalue weighted by Crippen LogP contribution is 2.20. The molecule has 23 heavy (non-hydrogen) atoms. The minimum atomic E-state index is -0.332. The molecule has 1 fully saturated rings. The first-order valence-electron chi connectivity index (χ1n) is 7.86. The van der Waals surface area contributed by atoms with Gasteiger partial charge in [-0.25, -0.2) is 0 Å². The Morgan fingerprint density at radius 2 is 1.96 bits per heavy atom. The van der Waals surface area contributed by atoms with E-state index < -0.39 is 0 Å². The Labute approximate surface area is 136 Å². The summed E-state index contributed by atoms with van der Waals surface area (Å²) in [6, 6.07) is 13.7. The minimum absolute atomic E-state index is 0.103. The van der Waals surface area contributed by atoms with Crippen molar-refractivity contribution >= 4 is 5.91 Å². The van der Waals surface area contributed by atoms with Crippen LogP contribution in [0.25, 0.3) is 0 Å². The number of rotatable bonds is 5. The lowest BCUT2D eigenvalue weighted by molar-refractivity contribution is 0.0939. The minimum Gasteiger partial charge on any atom is -0.392 e. The van der Waals surface area contributed by atoms with E-state index in [2.05, 4.69) is 27.3 Å². The quantitative estimate of drug-likeness (QED) is 0.877. The van der Waals surface area contributed by atoms with Crippen LogP contribution in [-0.2, 0) is 6.54 Å². The summed E-state index contributed by atoms with van der Waals surface area (Å²) in [4.78, 5) is 18.3. The molecule has 0 saturated carbocycles. The number of aromatic nitrogens is 1. The van der Waals surface area contributed by atoms with Gasteiger partial charge in [0, 0.05) is 43.6 Å². The predicted octanol–water partition coefficient (Wildman–Crippen LogP) is 1.45. The van der Waals surface area contributed by atoms with Gasteiger partial charge >= 0.3 is 0 Å². The second-order valence-corrected chi connectivity index (χ2v) is 5.90. The van der Waals surface area contributed by atoms with Crippen LogP contribution in [0.1, 0.15) is 22.3 Å². The Morgan fingerprint density at radius 3 is 2.70 bits per heavy atom. The fourth-order valence-corrected chi connectivity index (χ4v) is 3.00. The third-order valence-electron chi connectivity index (χ3n) is 4.18. The fourth-order valence-electron chi connectivity index (χ4n) is 3.00. The van der Waals surface area contributed by atoms with Gasteiger partial charge in [0.05, 0.1) is 6.10 Å². The monoisotopic (exact) mass is 311 g/mol. The van der Waals surface area contributed by atoms with E-state index in [-0.39, 0.29) is 18.1 Å². The van der Waals surface area contributed by atoms with Crippen LogP contribution in [0.15, 0.2) is 54.9 Å². The molecule has 0 bridgehead atoms. The number of pyridine rings is 1. The Balaban J connectivity index is 1.58. The van der Waals surface area contributed by atoms with Crippen LogP contribution in [-0.4, -0.2) is 46.1 Å². The van der Waals surface area contributed by atoms with Crippen molar-refractivity contribution in [2.75, 3.05) is 13.1 Å². The van der Waals surface area contributed by atoms with Crippen molar-refractivity contribution in [3.63, 3.8) is 0 Å². The van der Waals surface area contributed by atoms with Gasteiger partial charge in [-0.3, -0.25) is 14.7 Å². The molecule has 1 amide bonds. The van der Waals surface area contributed by atoms with Crippen molar-refractivity contribution in [3.8, 4) is 0 Å². The molecular formula is C18H21N3O2. The standard InChI is InChI=1S/C18H21N3O2/c22-17-10-16(11-20-18(23)15-6-8-19-9-7-15)21(13-17)12-14-4-2-1-3-5-14/h1-9,16-17,22H,10-13H2,(H,20,23). The highest BCUT2D eigenvalue weighted by molar-refractivity contribution is 5.93.